The average molecular weight is 744 g/mol. The number of rotatable bonds is 8. The number of amides is 5. The van der Waals surface area contributed by atoms with Crippen LogP contribution in [0.25, 0.3) is 0 Å². The fraction of sp³-hybridized carbons (Fsp3) is 0.439. The molecule has 3 aromatic carbocycles. The van der Waals surface area contributed by atoms with E-state index in [2.05, 4.69) is 26.6 Å². The van der Waals surface area contributed by atoms with Crippen LogP contribution >= 0.6 is 0 Å². The van der Waals surface area contributed by atoms with Crippen molar-refractivity contribution in [3.05, 3.63) is 101 Å². The third-order valence-corrected chi connectivity index (χ3v) is 9.78. The van der Waals surface area contributed by atoms with Crippen molar-refractivity contribution in [3.8, 4) is 5.75 Å². The van der Waals surface area contributed by atoms with Gasteiger partial charge < -0.3 is 36.1 Å². The zero-order valence-electron chi connectivity index (χ0n) is 30.8. The third kappa shape index (κ3) is 11.1. The van der Waals surface area contributed by atoms with E-state index < -0.39 is 59.4 Å². The second kappa shape index (κ2) is 19.2. The Hall–Kier alpha value is -5.30. The van der Waals surface area contributed by atoms with Crippen LogP contribution in [0.3, 0.4) is 0 Å². The first-order valence-corrected chi connectivity index (χ1v) is 18.6. The van der Waals surface area contributed by atoms with E-state index in [1.165, 1.54) is 12.1 Å². The Bertz CT molecular complexity index is 1770. The van der Waals surface area contributed by atoms with Gasteiger partial charge >= 0.3 is 0 Å². The van der Waals surface area contributed by atoms with Gasteiger partial charge in [-0.1, -0.05) is 68.4 Å². The molecule has 3 aromatic rings. The molecule has 0 radical (unpaired) electrons. The van der Waals surface area contributed by atoms with Gasteiger partial charge in [-0.2, -0.15) is 0 Å². The molecule has 2 aliphatic heterocycles. The fourth-order valence-corrected chi connectivity index (χ4v) is 6.81. The van der Waals surface area contributed by atoms with E-state index in [4.69, 9.17) is 9.47 Å². The van der Waals surface area contributed by atoms with E-state index in [1.807, 2.05) is 50.2 Å². The summed E-state index contributed by atoms with van der Waals surface area (Å²) in [6.07, 6.45) is 1.43. The summed E-state index contributed by atoms with van der Waals surface area (Å²) in [5, 5.41) is 14.2. The topological polar surface area (TPSA) is 164 Å². The van der Waals surface area contributed by atoms with Crippen molar-refractivity contribution in [1.82, 2.24) is 26.6 Å². The Balaban J connectivity index is 1.42. The fourth-order valence-electron chi connectivity index (χ4n) is 6.81. The van der Waals surface area contributed by atoms with Crippen LogP contribution in [0.4, 0.5) is 4.39 Å². The van der Waals surface area contributed by atoms with Crippen molar-refractivity contribution in [3.63, 3.8) is 0 Å². The van der Waals surface area contributed by atoms with Crippen LogP contribution in [-0.2, 0) is 35.8 Å². The van der Waals surface area contributed by atoms with Gasteiger partial charge in [-0.25, -0.2) is 4.39 Å². The highest BCUT2D eigenvalue weighted by Crippen LogP contribution is 2.34. The van der Waals surface area contributed by atoms with Gasteiger partial charge in [0, 0.05) is 38.1 Å². The first-order chi connectivity index (χ1) is 26.0. The third-order valence-electron chi connectivity index (χ3n) is 9.78. The van der Waals surface area contributed by atoms with Crippen LogP contribution < -0.4 is 31.3 Å². The Morgan fingerprint density at radius 1 is 0.870 bits per heavy atom. The van der Waals surface area contributed by atoms with E-state index in [9.17, 15) is 28.4 Å². The van der Waals surface area contributed by atoms with E-state index in [-0.39, 0.29) is 55.7 Å². The molecule has 5 amide bonds. The highest BCUT2D eigenvalue weighted by Gasteiger charge is 2.37. The van der Waals surface area contributed by atoms with Crippen LogP contribution in [-0.4, -0.2) is 80.6 Å². The minimum Gasteiger partial charge on any atom is -0.493 e. The van der Waals surface area contributed by atoms with Gasteiger partial charge in [-0.3, -0.25) is 24.0 Å². The highest BCUT2D eigenvalue weighted by atomic mass is 19.1. The SMILES string of the molecule is CC(C)C[C@@H]1NC(=O)C[C@@H](C(=O)NCC2(c3cccc(F)c3)CCOCC2)NC(=O)c2ccccc2OCCCNC(=O)[C@H](Cc2ccccc2)NC1=O. The number of para-hydroxylation sites is 1. The minimum atomic E-state index is -1.35. The van der Waals surface area contributed by atoms with Crippen molar-refractivity contribution in [1.29, 1.82) is 0 Å². The molecule has 288 valence electrons. The lowest BCUT2D eigenvalue weighted by atomic mass is 9.74. The number of benzene rings is 3. The van der Waals surface area contributed by atoms with E-state index >= 15 is 0 Å². The standard InChI is InChI=1S/C41H50FN5O7/c1-27(2)22-32-40(52)47-33(23-28-10-4-3-5-11-28)38(50)43-18-9-19-54-35-15-7-6-14-31(35)37(49)46-34(25-36(48)45-32)39(51)44-26-41(16-20-53-21-17-41)29-12-8-13-30(42)24-29/h3-8,10-15,24,27,32-34H,9,16-23,25-26H2,1-2H3,(H,43,50)(H,44,51)(H,45,48)(H,46,49)(H,47,52)/t32-,33-,34-/m0/s1. The molecular weight excluding hydrogens is 693 g/mol. The molecule has 13 heteroatoms. The molecule has 0 saturated carbocycles. The number of hydrogen-bond donors (Lipinski definition) is 5. The average Bonchev–Trinajstić information content (AvgIpc) is 3.16. The number of ether oxygens (including phenoxy) is 2. The first kappa shape index (κ1) is 39.9. The van der Waals surface area contributed by atoms with Gasteiger partial charge in [0.15, 0.2) is 0 Å². The van der Waals surface area contributed by atoms with Gasteiger partial charge in [0.25, 0.3) is 5.91 Å². The van der Waals surface area contributed by atoms with Gasteiger partial charge in [-0.15, -0.1) is 0 Å². The first-order valence-electron chi connectivity index (χ1n) is 18.6. The number of carbonyl (C=O) groups excluding carboxylic acids is 5. The van der Waals surface area contributed by atoms with Crippen LogP contribution in [0.5, 0.6) is 5.75 Å². The van der Waals surface area contributed by atoms with E-state index in [0.29, 0.717) is 38.0 Å². The number of halogens is 1. The van der Waals surface area contributed by atoms with Crippen LogP contribution in [0.15, 0.2) is 78.9 Å². The smallest absolute Gasteiger partial charge is 0.255 e. The summed E-state index contributed by atoms with van der Waals surface area (Å²) in [5.41, 5.74) is 1.07. The lowest BCUT2D eigenvalue weighted by Crippen LogP contribution is -2.56. The molecule has 0 aliphatic carbocycles. The predicted octanol–water partition coefficient (Wildman–Crippen LogP) is 3.34. The Morgan fingerprint density at radius 3 is 2.35 bits per heavy atom. The number of hydrogen-bond acceptors (Lipinski definition) is 7. The zero-order valence-corrected chi connectivity index (χ0v) is 30.8. The molecule has 0 bridgehead atoms. The molecule has 54 heavy (non-hydrogen) atoms. The second-order valence-corrected chi connectivity index (χ2v) is 14.3. The molecule has 0 unspecified atom stereocenters. The molecule has 0 aromatic heterocycles. The summed E-state index contributed by atoms with van der Waals surface area (Å²) in [4.78, 5) is 68.8. The molecule has 1 saturated heterocycles. The predicted molar refractivity (Wildman–Crippen MR) is 200 cm³/mol. The van der Waals surface area contributed by atoms with Gasteiger partial charge in [0.05, 0.1) is 18.6 Å². The Labute approximate surface area is 315 Å². The van der Waals surface area contributed by atoms with Crippen LogP contribution in [0, 0.1) is 11.7 Å². The van der Waals surface area contributed by atoms with Gasteiger partial charge in [0.2, 0.25) is 23.6 Å². The summed E-state index contributed by atoms with van der Waals surface area (Å²) in [6, 6.07) is 18.8. The summed E-state index contributed by atoms with van der Waals surface area (Å²) in [6.45, 7) is 5.15. The van der Waals surface area contributed by atoms with Crippen molar-refractivity contribution in [2.24, 2.45) is 5.92 Å². The maximum atomic E-state index is 14.4. The van der Waals surface area contributed by atoms with Gasteiger partial charge in [0.1, 0.15) is 29.7 Å². The number of carbonyl (C=O) groups is 5. The second-order valence-electron chi connectivity index (χ2n) is 14.3. The number of nitrogens with one attached hydrogen (secondary N) is 5. The van der Waals surface area contributed by atoms with Crippen molar-refractivity contribution >= 4 is 29.5 Å². The van der Waals surface area contributed by atoms with E-state index in [0.717, 1.165) is 5.56 Å². The van der Waals surface area contributed by atoms with Crippen molar-refractivity contribution in [2.45, 2.75) is 75.9 Å². The lowest BCUT2D eigenvalue weighted by molar-refractivity contribution is -0.133. The lowest BCUT2D eigenvalue weighted by Gasteiger charge is -2.38. The zero-order chi connectivity index (χ0) is 38.5. The molecule has 3 atom stereocenters. The maximum Gasteiger partial charge on any atom is 0.255 e. The molecule has 5 rings (SSSR count). The Morgan fingerprint density at radius 2 is 1.61 bits per heavy atom. The molecule has 2 heterocycles. The monoisotopic (exact) mass is 743 g/mol. The maximum absolute atomic E-state index is 14.4. The summed E-state index contributed by atoms with van der Waals surface area (Å²) in [5.74, 6) is -3.01. The Kier molecular flexibility index (Phi) is 14.2. The largest absolute Gasteiger partial charge is 0.493 e. The summed E-state index contributed by atoms with van der Waals surface area (Å²) >= 11 is 0. The molecule has 0 spiro atoms. The molecule has 12 nitrogen and oxygen atoms in total. The molecular formula is C41H50FN5O7. The van der Waals surface area contributed by atoms with E-state index in [1.54, 1.807) is 30.3 Å². The number of fused-ring (bicyclic) bond motifs is 1. The molecule has 2 aliphatic rings. The molecule has 1 fully saturated rings. The minimum absolute atomic E-state index is 0.0194. The quantitative estimate of drug-likeness (QED) is 0.236. The van der Waals surface area contributed by atoms with Gasteiger partial charge in [-0.05, 0) is 67.0 Å². The summed E-state index contributed by atoms with van der Waals surface area (Å²) < 4.78 is 25.9. The van der Waals surface area contributed by atoms with Crippen molar-refractivity contribution < 1.29 is 37.8 Å². The van der Waals surface area contributed by atoms with Crippen molar-refractivity contribution in [2.75, 3.05) is 32.9 Å². The highest BCUT2D eigenvalue weighted by molar-refractivity contribution is 6.01. The summed E-state index contributed by atoms with van der Waals surface area (Å²) in [7, 11) is 0. The van der Waals surface area contributed by atoms with Crippen LogP contribution in [0.2, 0.25) is 0 Å². The van der Waals surface area contributed by atoms with Crippen LogP contribution in [0.1, 0.15) is 67.4 Å². The molecule has 5 N–H and O–H groups in total. The normalized spacial score (nSPS) is 21.5.